The number of fused-ring (bicyclic) bond motifs is 1. The van der Waals surface area contributed by atoms with Gasteiger partial charge in [0.15, 0.2) is 0 Å². The van der Waals surface area contributed by atoms with Crippen molar-refractivity contribution in [3.05, 3.63) is 12.0 Å². The number of aliphatic imine (C=N–C) groups is 1. The quantitative estimate of drug-likeness (QED) is 0.691. The highest BCUT2D eigenvalue weighted by molar-refractivity contribution is 5.76. The summed E-state index contributed by atoms with van der Waals surface area (Å²) in [7, 11) is 0. The van der Waals surface area contributed by atoms with E-state index in [2.05, 4.69) is 15.3 Å². The molecule has 0 radical (unpaired) electrons. The number of anilines is 1. The third-order valence-electron chi connectivity index (χ3n) is 3.31. The fourth-order valence-electron chi connectivity index (χ4n) is 2.36. The Kier molecular flexibility index (Phi) is 3.02. The van der Waals surface area contributed by atoms with Crippen molar-refractivity contribution in [2.75, 3.05) is 18.5 Å². The van der Waals surface area contributed by atoms with Crippen LogP contribution in [-0.2, 0) is 4.74 Å². The zero-order chi connectivity index (χ0) is 12.5. The first kappa shape index (κ1) is 11.6. The second-order valence-corrected chi connectivity index (χ2v) is 4.51. The maximum atomic E-state index is 9.89. The average molecular weight is 252 g/mol. The van der Waals surface area contributed by atoms with Gasteiger partial charge in [-0.05, 0) is 12.8 Å². The fraction of sp³-hybridized carbons (Fsp3) is 0.636. The van der Waals surface area contributed by atoms with Crippen LogP contribution in [0.1, 0.15) is 30.9 Å². The van der Waals surface area contributed by atoms with Crippen molar-refractivity contribution in [1.29, 1.82) is 0 Å². The van der Waals surface area contributed by atoms with Gasteiger partial charge in [0.2, 0.25) is 0 Å². The summed E-state index contributed by atoms with van der Waals surface area (Å²) < 4.78 is 7.56. The molecular formula is C11H16N4O3. The minimum absolute atomic E-state index is 0.0326. The third kappa shape index (κ3) is 1.90. The van der Waals surface area contributed by atoms with E-state index in [1.807, 2.05) is 4.57 Å². The molecule has 18 heavy (non-hydrogen) atoms. The van der Waals surface area contributed by atoms with Gasteiger partial charge >= 0.3 is 0 Å². The van der Waals surface area contributed by atoms with E-state index in [0.717, 1.165) is 12.8 Å². The van der Waals surface area contributed by atoms with Gasteiger partial charge in [-0.1, -0.05) is 0 Å². The van der Waals surface area contributed by atoms with Crippen LogP contribution in [0, 0.1) is 0 Å². The predicted octanol–water partition coefficient (Wildman–Crippen LogP) is 0.0402. The highest BCUT2D eigenvalue weighted by atomic mass is 16.5. The zero-order valence-corrected chi connectivity index (χ0v) is 9.86. The molecule has 2 aliphatic rings. The molecule has 3 heterocycles. The molecule has 3 N–H and O–H groups in total. The molecule has 0 aliphatic carbocycles. The largest absolute Gasteiger partial charge is 0.394 e. The Bertz CT molecular complexity index is 459. The summed E-state index contributed by atoms with van der Waals surface area (Å²) in [6.07, 6.45) is 3.91. The van der Waals surface area contributed by atoms with Gasteiger partial charge in [0.25, 0.3) is 0 Å². The smallest absolute Gasteiger partial charge is 0.139 e. The molecule has 1 fully saturated rings. The molecular weight excluding hydrogens is 236 g/mol. The standard InChI is InChI=1S/C11H16N4O3/c16-4-7-1-2-9(18-7)15-6-14-10-8(17)3-12-5-13-11(10)15/h5-9,16-17H,1-4H2,(H,12,13)/t7-,8?,9+/m0/s1. The first-order valence-electron chi connectivity index (χ1n) is 6.05. The number of aliphatic hydroxyl groups excluding tert-OH is 2. The van der Waals surface area contributed by atoms with Crippen LogP contribution in [0.4, 0.5) is 5.82 Å². The van der Waals surface area contributed by atoms with Crippen molar-refractivity contribution in [3.63, 3.8) is 0 Å². The molecule has 7 heteroatoms. The Labute approximate surface area is 104 Å². The summed E-state index contributed by atoms with van der Waals surface area (Å²) in [6.45, 7) is 0.340. The van der Waals surface area contributed by atoms with Crippen LogP contribution in [0.5, 0.6) is 0 Å². The summed E-state index contributed by atoms with van der Waals surface area (Å²) in [5, 5.41) is 22.0. The second-order valence-electron chi connectivity index (χ2n) is 4.51. The lowest BCUT2D eigenvalue weighted by Gasteiger charge is -2.16. The van der Waals surface area contributed by atoms with Crippen LogP contribution >= 0.6 is 0 Å². The highest BCUT2D eigenvalue weighted by Gasteiger charge is 2.30. The first-order valence-corrected chi connectivity index (χ1v) is 6.05. The lowest BCUT2D eigenvalue weighted by atomic mass is 10.2. The van der Waals surface area contributed by atoms with Crippen molar-refractivity contribution in [3.8, 4) is 0 Å². The summed E-state index contributed by atoms with van der Waals surface area (Å²) in [5.41, 5.74) is 0.587. The van der Waals surface area contributed by atoms with Crippen LogP contribution in [0.25, 0.3) is 0 Å². The number of aliphatic hydroxyl groups is 2. The van der Waals surface area contributed by atoms with Gasteiger partial charge in [0.05, 0.1) is 31.9 Å². The van der Waals surface area contributed by atoms with Gasteiger partial charge in [0.1, 0.15) is 23.8 Å². The average Bonchev–Trinajstić information content (AvgIpc) is 2.96. The number of imidazole rings is 1. The van der Waals surface area contributed by atoms with Crippen LogP contribution in [0.2, 0.25) is 0 Å². The van der Waals surface area contributed by atoms with Crippen LogP contribution in [0.15, 0.2) is 11.3 Å². The molecule has 0 saturated carbocycles. The van der Waals surface area contributed by atoms with Crippen molar-refractivity contribution in [1.82, 2.24) is 9.55 Å². The SMILES string of the molecule is OC[C@@H]1CC[C@H](n2cnc3c2NC=NCC3O)O1. The molecule has 3 atom stereocenters. The number of ether oxygens (including phenoxy) is 1. The van der Waals surface area contributed by atoms with E-state index in [1.54, 1.807) is 12.7 Å². The molecule has 0 aromatic carbocycles. The Morgan fingerprint density at radius 3 is 3.17 bits per heavy atom. The monoisotopic (exact) mass is 252 g/mol. The van der Waals surface area contributed by atoms with E-state index in [9.17, 15) is 5.11 Å². The van der Waals surface area contributed by atoms with Gasteiger partial charge in [0, 0.05) is 0 Å². The van der Waals surface area contributed by atoms with Gasteiger partial charge in [-0.15, -0.1) is 0 Å². The molecule has 7 nitrogen and oxygen atoms in total. The molecule has 0 spiro atoms. The topological polar surface area (TPSA) is 91.9 Å². The number of hydrogen-bond acceptors (Lipinski definition) is 6. The van der Waals surface area contributed by atoms with Crippen molar-refractivity contribution in [2.24, 2.45) is 4.99 Å². The Morgan fingerprint density at radius 1 is 1.50 bits per heavy atom. The number of nitrogens with zero attached hydrogens (tertiary/aromatic N) is 3. The van der Waals surface area contributed by atoms with Gasteiger partial charge in [-0.3, -0.25) is 9.56 Å². The molecule has 0 amide bonds. The first-order chi connectivity index (χ1) is 8.79. The van der Waals surface area contributed by atoms with Crippen LogP contribution in [0.3, 0.4) is 0 Å². The molecule has 1 aromatic heterocycles. The Balaban J connectivity index is 1.88. The van der Waals surface area contributed by atoms with Gasteiger partial charge in [-0.25, -0.2) is 4.98 Å². The van der Waals surface area contributed by atoms with E-state index in [0.29, 0.717) is 18.1 Å². The van der Waals surface area contributed by atoms with Crippen molar-refractivity contribution in [2.45, 2.75) is 31.3 Å². The van der Waals surface area contributed by atoms with Crippen molar-refractivity contribution >= 4 is 12.2 Å². The second kappa shape index (κ2) is 4.68. The summed E-state index contributed by atoms with van der Waals surface area (Å²) in [4.78, 5) is 8.24. The molecule has 98 valence electrons. The van der Waals surface area contributed by atoms with E-state index >= 15 is 0 Å². The lowest BCUT2D eigenvalue weighted by Crippen LogP contribution is -2.15. The summed E-state index contributed by atoms with van der Waals surface area (Å²) >= 11 is 0. The summed E-state index contributed by atoms with van der Waals surface area (Å²) in [6, 6.07) is 0. The van der Waals surface area contributed by atoms with Crippen LogP contribution < -0.4 is 5.32 Å². The summed E-state index contributed by atoms with van der Waals surface area (Å²) in [5.74, 6) is 0.715. The number of aromatic nitrogens is 2. The molecule has 1 aromatic rings. The van der Waals surface area contributed by atoms with Crippen molar-refractivity contribution < 1.29 is 14.9 Å². The molecule has 1 unspecified atom stereocenters. The molecule has 0 bridgehead atoms. The predicted molar refractivity (Wildman–Crippen MR) is 64.4 cm³/mol. The maximum Gasteiger partial charge on any atom is 0.139 e. The Morgan fingerprint density at radius 2 is 2.39 bits per heavy atom. The fourth-order valence-corrected chi connectivity index (χ4v) is 2.36. The third-order valence-corrected chi connectivity index (χ3v) is 3.31. The number of hydrogen-bond donors (Lipinski definition) is 3. The molecule has 3 rings (SSSR count). The zero-order valence-electron chi connectivity index (χ0n) is 9.86. The molecule has 1 saturated heterocycles. The van der Waals surface area contributed by atoms with E-state index in [1.165, 1.54) is 0 Å². The normalized spacial score (nSPS) is 30.9. The van der Waals surface area contributed by atoms with E-state index in [4.69, 9.17) is 9.84 Å². The minimum Gasteiger partial charge on any atom is -0.394 e. The number of rotatable bonds is 2. The number of nitrogens with one attached hydrogen (secondary N) is 1. The van der Waals surface area contributed by atoms with Gasteiger partial charge < -0.3 is 20.3 Å². The highest BCUT2D eigenvalue weighted by Crippen LogP contribution is 2.33. The maximum absolute atomic E-state index is 9.89. The van der Waals surface area contributed by atoms with E-state index in [-0.39, 0.29) is 18.9 Å². The molecule has 2 aliphatic heterocycles. The lowest BCUT2D eigenvalue weighted by molar-refractivity contribution is -0.0214. The minimum atomic E-state index is -0.692. The van der Waals surface area contributed by atoms with Gasteiger partial charge in [-0.2, -0.15) is 0 Å². The Hall–Kier alpha value is -1.44. The van der Waals surface area contributed by atoms with E-state index < -0.39 is 6.10 Å². The van der Waals surface area contributed by atoms with Crippen LogP contribution in [-0.4, -0.2) is 45.4 Å².